The number of carboxylic acids is 2. The largest absolute Gasteiger partial charge is 0.496 e. The van der Waals surface area contributed by atoms with Crippen LogP contribution in [-0.4, -0.2) is 202 Å². The number of carbonyl (C=O) groups is 7. The van der Waals surface area contributed by atoms with Crippen molar-refractivity contribution in [3.05, 3.63) is 129 Å². The monoisotopic (exact) mass is 1460 g/mol. The Hall–Kier alpha value is -8.89. The van der Waals surface area contributed by atoms with Crippen molar-refractivity contribution in [3.63, 3.8) is 0 Å². The van der Waals surface area contributed by atoms with Crippen molar-refractivity contribution in [2.45, 2.75) is 151 Å². The number of nitrogen functional groups attached to an aromatic ring is 1. The lowest BCUT2D eigenvalue weighted by atomic mass is 9.47. The number of amides is 3. The van der Waals surface area contributed by atoms with Gasteiger partial charge < -0.3 is 55.9 Å². The van der Waals surface area contributed by atoms with Crippen molar-refractivity contribution in [3.8, 4) is 18.1 Å². The SMILES string of the molecule is C#CC[C@H](NC(=O)CC[C@H](CC(=O)c1ccc(CCc2cnc3nc(N)[nH]c(=O)c3n2)cc1)C(=O)O)C(=O)C[C@H](CSSCCOC(=O)NNC(=O)[C@@]1(O)[C@H](O)[C@]2(CC)C=CCN3CC[C@@]4(c5cc([C@@]6(C)C[C@@H]7CN(CCc8c6[nH]c6ccccc86)C[C@](O)(CC)C7)c(OC)cc5N(C)[C@@H]14)[C@@H]32)C(=O)O. The molecule has 3 fully saturated rings. The van der Waals surface area contributed by atoms with Gasteiger partial charge in [0.1, 0.15) is 18.5 Å². The topological polar surface area (TPSA) is 398 Å². The minimum atomic E-state index is -2.56. The first kappa shape index (κ1) is 74.8. The van der Waals surface area contributed by atoms with Crippen LogP contribution in [0.3, 0.4) is 0 Å². The third-order valence-electron chi connectivity index (χ3n) is 22.8. The highest BCUT2D eigenvalue weighted by Crippen LogP contribution is 2.67. The number of nitrogens with zero attached hydrogens (tertiary/aromatic N) is 6. The minimum Gasteiger partial charge on any atom is -0.496 e. The number of aliphatic hydroxyl groups is 3. The van der Waals surface area contributed by atoms with E-state index in [9.17, 15) is 59.1 Å². The highest BCUT2D eigenvalue weighted by molar-refractivity contribution is 8.76. The molecular formula is C75H90N12O15S2. The Bertz CT molecular complexity index is 4470. The molecule has 8 heterocycles. The number of aryl methyl sites for hydroxylation is 2. The molecule has 12 rings (SSSR count). The summed E-state index contributed by atoms with van der Waals surface area (Å²) in [4.78, 5) is 131. The van der Waals surface area contributed by atoms with Crippen molar-refractivity contribution in [2.75, 3.05) is 75.6 Å². The molecule has 29 heteroatoms. The van der Waals surface area contributed by atoms with E-state index in [4.69, 9.17) is 21.6 Å². The first-order valence-electron chi connectivity index (χ1n) is 35.4. The van der Waals surface area contributed by atoms with Gasteiger partial charge in [-0.05, 0) is 106 Å². The summed E-state index contributed by atoms with van der Waals surface area (Å²) in [5, 5.41) is 62.5. The Kier molecular flexibility index (Phi) is 21.8. The maximum Gasteiger partial charge on any atom is 0.426 e. The van der Waals surface area contributed by atoms with Gasteiger partial charge in [0, 0.05) is 132 Å². The number of nitrogens with two attached hydrogens (primary N) is 1. The Balaban J connectivity index is 0.650. The van der Waals surface area contributed by atoms with E-state index in [-0.39, 0.29) is 72.0 Å². The Morgan fingerprint density at radius 1 is 0.913 bits per heavy atom. The van der Waals surface area contributed by atoms with Crippen LogP contribution in [0.4, 0.5) is 16.4 Å². The number of fused-ring (bicyclic) bond motifs is 7. The summed E-state index contributed by atoms with van der Waals surface area (Å²) in [5.41, 5.74) is 11.2. The number of piperidine rings is 1. The molecule has 2 bridgehead atoms. The number of methoxy groups -OCH3 is 1. The minimum absolute atomic E-state index is 0.0498. The van der Waals surface area contributed by atoms with Crippen molar-refractivity contribution in [1.82, 2.24) is 50.9 Å². The van der Waals surface area contributed by atoms with Crippen molar-refractivity contribution >= 4 is 96.7 Å². The Morgan fingerprint density at radius 2 is 1.68 bits per heavy atom. The predicted octanol–water partition coefficient (Wildman–Crippen LogP) is 5.55. The van der Waals surface area contributed by atoms with E-state index in [0.29, 0.717) is 76.0 Å². The number of hydrogen-bond donors (Lipinski definition) is 11. The lowest BCUT2D eigenvalue weighted by Gasteiger charge is -2.63. The van der Waals surface area contributed by atoms with Gasteiger partial charge in [0.05, 0.1) is 48.5 Å². The number of para-hydroxylation sites is 1. The van der Waals surface area contributed by atoms with Crippen LogP contribution in [0.2, 0.25) is 0 Å². The fraction of sp³-hybridized carbons (Fsp3) is 0.507. The van der Waals surface area contributed by atoms with Crippen molar-refractivity contribution < 1.29 is 68.6 Å². The van der Waals surface area contributed by atoms with Crippen LogP contribution in [0.15, 0.2) is 83.8 Å². The molecule has 6 aliphatic rings. The zero-order chi connectivity index (χ0) is 74.2. The maximum absolute atomic E-state index is 15.2. The van der Waals surface area contributed by atoms with Gasteiger partial charge in [0.2, 0.25) is 11.9 Å². The first-order valence-corrected chi connectivity index (χ1v) is 37.9. The molecule has 3 aromatic carbocycles. The van der Waals surface area contributed by atoms with E-state index in [0.717, 1.165) is 80.1 Å². The molecule has 104 heavy (non-hydrogen) atoms. The summed E-state index contributed by atoms with van der Waals surface area (Å²) in [6.07, 6.45) is 10.9. The second-order valence-corrected chi connectivity index (χ2v) is 31.6. The van der Waals surface area contributed by atoms with E-state index >= 15 is 4.79 Å². The number of H-pyrrole nitrogens is 2. The maximum atomic E-state index is 15.2. The molecule has 13 atom stereocenters. The average Bonchev–Trinajstić information content (AvgIpc) is 1.45. The van der Waals surface area contributed by atoms with Crippen LogP contribution < -0.4 is 37.1 Å². The summed E-state index contributed by atoms with van der Waals surface area (Å²) in [6.45, 7) is 9.47. The van der Waals surface area contributed by atoms with E-state index in [2.05, 4.69) is 94.9 Å². The molecular weight excluding hydrogens is 1370 g/mol. The molecule has 1 saturated carbocycles. The van der Waals surface area contributed by atoms with Crippen LogP contribution in [0.1, 0.15) is 129 Å². The van der Waals surface area contributed by atoms with E-state index in [1.54, 1.807) is 31.4 Å². The molecule has 2 saturated heterocycles. The molecule has 0 radical (unpaired) electrons. The number of Topliss-reactive ketones (excluding diaryl/α,β-unsaturated/α-hetero) is 2. The number of anilines is 2. The number of ether oxygens (including phenoxy) is 2. The summed E-state index contributed by atoms with van der Waals surface area (Å²) in [6, 6.07) is 16.5. The standard InChI is InChI=1S/C75H90N12O15S2/c1-7-13-53(79-58(90)23-21-45(63(92)93)32-55(88)44-19-16-42(17-20-44)18-22-47-38-77-61-59(78-47)62(91)82-69(76)81-61)56(89)33-46(64(94)95)40-104-103-31-30-102-70(98)84-83-68(97)75(100)66-74(26-29-87-27-12-25-73(9-3,65(74)87)67(75)96)50-34-51(57(101-6)35-54(50)85(66)5)71(4)36-43-37-72(99,8-2)41-86(39-43)28-24-49-48-14-10-11-15-52(48)80-60(49)71/h1,10-12,14-17,19-20,25,34-35,38,43,45-46,53,65-67,80,96,99-100H,8-9,13,18,21-24,26-33,36-37,39-41H2,2-6H3,(H,79,90)(H,83,97)(H,84,98)(H,92,93)(H,94,95)(H3,76,77,81,82,91)/t43-,45+,46+,53-,65-,66+,67+,71+,72-,73+,74+,75-/m0/s1. The van der Waals surface area contributed by atoms with Crippen LogP contribution in [0.5, 0.6) is 5.75 Å². The van der Waals surface area contributed by atoms with E-state index in [1.165, 1.54) is 11.8 Å². The van der Waals surface area contributed by atoms with Gasteiger partial charge in [-0.1, -0.05) is 90.1 Å². The molecule has 6 aromatic rings. The number of carboxylic acid groups (broad SMARTS) is 2. The normalized spacial score (nSPS) is 26.8. The van der Waals surface area contributed by atoms with Crippen LogP contribution in [0.25, 0.3) is 22.1 Å². The number of hydrazine groups is 1. The lowest BCUT2D eigenvalue weighted by molar-refractivity contribution is -0.204. The number of nitrogens with one attached hydrogen (secondary N) is 5. The molecule has 3 aromatic heterocycles. The number of likely N-dealkylation sites (N-methyl/N-ethyl adjacent to an activating group) is 1. The quantitative estimate of drug-likeness (QED) is 0.00752. The van der Waals surface area contributed by atoms with Gasteiger partial charge >= 0.3 is 18.0 Å². The number of rotatable bonds is 27. The number of benzene rings is 3. The summed E-state index contributed by atoms with van der Waals surface area (Å²) >= 11 is 0. The molecule has 552 valence electrons. The Labute approximate surface area is 609 Å². The van der Waals surface area contributed by atoms with Crippen LogP contribution >= 0.6 is 21.6 Å². The Morgan fingerprint density at radius 3 is 2.41 bits per heavy atom. The van der Waals surface area contributed by atoms with Gasteiger partial charge in [0.15, 0.2) is 28.3 Å². The van der Waals surface area contributed by atoms with Crippen LogP contribution in [0, 0.1) is 35.5 Å². The second-order valence-electron chi connectivity index (χ2n) is 29.0. The fourth-order valence-electron chi connectivity index (χ4n) is 17.9. The number of carbonyl (C=O) groups excluding carboxylic acids is 5. The third-order valence-corrected chi connectivity index (χ3v) is 25.3. The second kappa shape index (κ2) is 30.3. The molecule has 3 amide bonds. The summed E-state index contributed by atoms with van der Waals surface area (Å²) < 4.78 is 11.9. The number of hydrogen-bond acceptors (Lipinski definition) is 22. The molecule has 1 unspecified atom stereocenters. The molecule has 5 aliphatic heterocycles. The number of aliphatic carboxylic acids is 2. The van der Waals surface area contributed by atoms with Gasteiger partial charge in [0.25, 0.3) is 11.5 Å². The number of ketones is 2. The van der Waals surface area contributed by atoms with Gasteiger partial charge in [-0.2, -0.15) is 4.98 Å². The predicted molar refractivity (Wildman–Crippen MR) is 392 cm³/mol. The summed E-state index contributed by atoms with van der Waals surface area (Å²) in [5.74, 6) is -5.00. The first-order chi connectivity index (χ1) is 49.7. The molecule has 27 nitrogen and oxygen atoms in total. The average molecular weight is 1460 g/mol. The van der Waals surface area contributed by atoms with Gasteiger partial charge in [-0.3, -0.25) is 53.8 Å². The number of aromatic nitrogens is 5. The van der Waals surface area contributed by atoms with E-state index in [1.807, 2.05) is 43.2 Å². The smallest absolute Gasteiger partial charge is 0.426 e. The van der Waals surface area contributed by atoms with Crippen molar-refractivity contribution in [1.29, 1.82) is 0 Å². The number of aromatic amines is 2. The van der Waals surface area contributed by atoms with Gasteiger partial charge in [-0.15, -0.1) is 12.3 Å². The molecule has 1 spiro atoms. The zero-order valence-corrected chi connectivity index (χ0v) is 60.5. The van der Waals surface area contributed by atoms with Gasteiger partial charge in [-0.25, -0.2) is 20.2 Å². The third kappa shape index (κ3) is 14.1. The molecule has 12 N–H and O–H groups in total. The highest BCUT2D eigenvalue weighted by atomic mass is 33.1. The van der Waals surface area contributed by atoms with Crippen molar-refractivity contribution in [2.24, 2.45) is 23.2 Å². The van der Waals surface area contributed by atoms with E-state index < -0.39 is 117 Å². The molecule has 1 aliphatic carbocycles. The fourth-order valence-corrected chi connectivity index (χ4v) is 20.1. The summed E-state index contributed by atoms with van der Waals surface area (Å²) in [7, 11) is 5.72. The lowest BCUT2D eigenvalue weighted by Crippen LogP contribution is -2.82. The number of terminal acetylenes is 1. The van der Waals surface area contributed by atoms with Crippen LogP contribution in [-0.2, 0) is 58.8 Å². The highest BCUT2D eigenvalue weighted by Gasteiger charge is 2.79. The number of aliphatic hydroxyl groups excluding tert-OH is 1. The zero-order valence-electron chi connectivity index (χ0n) is 58.9.